The van der Waals surface area contributed by atoms with Crippen molar-refractivity contribution in [1.82, 2.24) is 0 Å². The van der Waals surface area contributed by atoms with Crippen LogP contribution in [0.1, 0.15) is 142 Å². The van der Waals surface area contributed by atoms with Gasteiger partial charge in [-0.15, -0.1) is 0 Å². The van der Waals surface area contributed by atoms with Crippen LogP contribution in [0.25, 0.3) is 0 Å². The van der Waals surface area contributed by atoms with E-state index >= 15 is 0 Å². The molecule has 8 nitrogen and oxygen atoms in total. The van der Waals surface area contributed by atoms with Crippen LogP contribution in [0, 0.1) is 0 Å². The lowest BCUT2D eigenvalue weighted by atomic mass is 10.1. The van der Waals surface area contributed by atoms with E-state index in [9.17, 15) is 14.2 Å². The van der Waals surface area contributed by atoms with Gasteiger partial charge in [0.2, 0.25) is 0 Å². The predicted molar refractivity (Wildman–Crippen MR) is 170 cm³/mol. The van der Waals surface area contributed by atoms with Gasteiger partial charge in [0.1, 0.15) is 6.61 Å². The molecule has 0 saturated carbocycles. The van der Waals surface area contributed by atoms with Crippen molar-refractivity contribution >= 4 is 19.8 Å². The summed E-state index contributed by atoms with van der Waals surface area (Å²) in [6.07, 6.45) is 31.7. The van der Waals surface area contributed by atoms with Gasteiger partial charge in [0.05, 0.1) is 6.61 Å². The third-order valence-electron chi connectivity index (χ3n) is 6.66. The quantitative estimate of drug-likeness (QED) is 0.0371. The van der Waals surface area contributed by atoms with Gasteiger partial charge in [-0.25, -0.2) is 4.57 Å². The Kier molecular flexibility index (Phi) is 28.1. The normalized spacial score (nSPS) is 13.0. The number of esters is 2. The summed E-state index contributed by atoms with van der Waals surface area (Å²) >= 11 is 0. The fourth-order valence-corrected chi connectivity index (χ4v) is 4.56. The number of carbonyl (C=O) groups excluding carboxylic acids is 2. The van der Waals surface area contributed by atoms with Gasteiger partial charge in [-0.05, 0) is 51.4 Å². The largest absolute Gasteiger partial charge is 0.469 e. The Labute approximate surface area is 255 Å². The number of allylic oxidation sites excluding steroid dienone is 6. The number of rotatable bonds is 29. The van der Waals surface area contributed by atoms with Crippen molar-refractivity contribution in [3.63, 3.8) is 0 Å². The lowest BCUT2D eigenvalue weighted by Crippen LogP contribution is -2.29. The maximum atomic E-state index is 12.2. The van der Waals surface area contributed by atoms with Gasteiger partial charge in [-0.3, -0.25) is 14.1 Å². The van der Waals surface area contributed by atoms with Crippen LogP contribution < -0.4 is 0 Å². The summed E-state index contributed by atoms with van der Waals surface area (Å²) in [4.78, 5) is 42.3. The number of hydrogen-bond acceptors (Lipinski definition) is 6. The van der Waals surface area contributed by atoms with Gasteiger partial charge in [0.25, 0.3) is 0 Å². The van der Waals surface area contributed by atoms with Crippen LogP contribution in [0.3, 0.4) is 0 Å². The molecule has 0 radical (unpaired) electrons. The molecule has 42 heavy (non-hydrogen) atoms. The summed E-state index contributed by atoms with van der Waals surface area (Å²) in [5.41, 5.74) is 0. The molecule has 2 N–H and O–H groups in total. The SMILES string of the molecule is CCCCC/C=C/C/C=C/C/C=C/CCCCCCC(=O)OC[C@H](COP(=O)(O)O)OC(=O)CCCCCCCCC. The lowest BCUT2D eigenvalue weighted by molar-refractivity contribution is -0.161. The number of phosphoric ester groups is 1. The van der Waals surface area contributed by atoms with Crippen molar-refractivity contribution in [2.75, 3.05) is 13.2 Å². The molecular formula is C33H59O8P. The van der Waals surface area contributed by atoms with Gasteiger partial charge in [0.15, 0.2) is 6.10 Å². The summed E-state index contributed by atoms with van der Waals surface area (Å²) in [5.74, 6) is -0.920. The molecule has 0 aliphatic carbocycles. The fraction of sp³-hybridized carbons (Fsp3) is 0.758. The highest BCUT2D eigenvalue weighted by atomic mass is 31.2. The Balaban J connectivity index is 4.02. The van der Waals surface area contributed by atoms with E-state index in [2.05, 4.69) is 54.8 Å². The first-order valence-corrected chi connectivity index (χ1v) is 17.8. The van der Waals surface area contributed by atoms with E-state index in [1.807, 2.05) is 0 Å². The number of unbranched alkanes of at least 4 members (excludes halogenated alkanes) is 13. The van der Waals surface area contributed by atoms with Crippen LogP contribution >= 0.6 is 7.82 Å². The Bertz CT molecular complexity index is 787. The second-order valence-electron chi connectivity index (χ2n) is 10.8. The van der Waals surface area contributed by atoms with Crippen molar-refractivity contribution < 1.29 is 37.9 Å². The predicted octanol–water partition coefficient (Wildman–Crippen LogP) is 9.06. The maximum absolute atomic E-state index is 12.2. The molecule has 0 amide bonds. The van der Waals surface area contributed by atoms with Crippen molar-refractivity contribution in [3.8, 4) is 0 Å². The topological polar surface area (TPSA) is 119 Å². The van der Waals surface area contributed by atoms with Gasteiger partial charge in [-0.2, -0.15) is 0 Å². The molecule has 0 fully saturated rings. The molecule has 244 valence electrons. The van der Waals surface area contributed by atoms with Crippen molar-refractivity contribution in [1.29, 1.82) is 0 Å². The molecule has 0 aromatic heterocycles. The standard InChI is InChI=1S/C33H59O8P/c1-3-5-7-9-11-12-13-14-15-16-17-18-19-20-22-23-25-27-32(34)39-29-31(30-40-42(36,37)38)41-33(35)28-26-24-21-10-8-6-4-2/h11-12,14-15,17-18,31H,3-10,13,16,19-30H2,1-2H3,(H2,36,37,38)/b12-11+,15-14+,18-17+/t31-/m1/s1. The van der Waals surface area contributed by atoms with Gasteiger partial charge in [-0.1, -0.05) is 115 Å². The monoisotopic (exact) mass is 614 g/mol. The molecule has 0 aromatic rings. The molecule has 0 rings (SSSR count). The van der Waals surface area contributed by atoms with E-state index in [-0.39, 0.29) is 19.4 Å². The first kappa shape index (κ1) is 40.3. The molecule has 0 heterocycles. The Hall–Kier alpha value is -1.73. The van der Waals surface area contributed by atoms with E-state index in [1.165, 1.54) is 44.9 Å². The highest BCUT2D eigenvalue weighted by Crippen LogP contribution is 2.35. The minimum absolute atomic E-state index is 0.205. The second-order valence-corrected chi connectivity index (χ2v) is 12.0. The average molecular weight is 615 g/mol. The Morgan fingerprint density at radius 2 is 1.07 bits per heavy atom. The van der Waals surface area contributed by atoms with Crippen molar-refractivity contribution in [3.05, 3.63) is 36.5 Å². The number of ether oxygens (including phenoxy) is 2. The maximum Gasteiger partial charge on any atom is 0.469 e. The van der Waals surface area contributed by atoms with Gasteiger partial charge < -0.3 is 19.3 Å². The highest BCUT2D eigenvalue weighted by Gasteiger charge is 2.22. The molecule has 0 aliphatic rings. The summed E-state index contributed by atoms with van der Waals surface area (Å²) in [7, 11) is -4.74. The average Bonchev–Trinajstić information content (AvgIpc) is 2.95. The molecule has 1 atom stereocenters. The smallest absolute Gasteiger partial charge is 0.462 e. The molecule has 0 saturated heterocycles. The Morgan fingerprint density at radius 3 is 1.64 bits per heavy atom. The summed E-state index contributed by atoms with van der Waals surface area (Å²) in [6, 6.07) is 0. The summed E-state index contributed by atoms with van der Waals surface area (Å²) < 4.78 is 26.1. The zero-order valence-corrected chi connectivity index (χ0v) is 27.3. The fourth-order valence-electron chi connectivity index (χ4n) is 4.20. The molecule has 0 unspecified atom stereocenters. The number of carbonyl (C=O) groups is 2. The van der Waals surface area contributed by atoms with Crippen LogP contribution in [0.15, 0.2) is 36.5 Å². The highest BCUT2D eigenvalue weighted by molar-refractivity contribution is 7.46. The first-order valence-electron chi connectivity index (χ1n) is 16.3. The summed E-state index contributed by atoms with van der Waals surface area (Å²) in [5, 5.41) is 0. The van der Waals surface area contributed by atoms with Crippen LogP contribution in [-0.4, -0.2) is 41.0 Å². The van der Waals surface area contributed by atoms with Crippen LogP contribution in [-0.2, 0) is 28.2 Å². The van der Waals surface area contributed by atoms with E-state index in [0.717, 1.165) is 57.8 Å². The molecule has 0 spiro atoms. The Morgan fingerprint density at radius 1 is 0.619 bits per heavy atom. The van der Waals surface area contributed by atoms with Crippen LogP contribution in [0.4, 0.5) is 0 Å². The van der Waals surface area contributed by atoms with Crippen LogP contribution in [0.2, 0.25) is 0 Å². The molecule has 0 bridgehead atoms. The molecular weight excluding hydrogens is 555 g/mol. The zero-order valence-electron chi connectivity index (χ0n) is 26.4. The van der Waals surface area contributed by atoms with Gasteiger partial charge >= 0.3 is 19.8 Å². The van der Waals surface area contributed by atoms with E-state index in [1.54, 1.807) is 0 Å². The lowest BCUT2D eigenvalue weighted by Gasteiger charge is -2.18. The molecule has 9 heteroatoms. The first-order chi connectivity index (χ1) is 20.3. The number of hydrogen-bond donors (Lipinski definition) is 2. The van der Waals surface area contributed by atoms with E-state index in [4.69, 9.17) is 19.3 Å². The third kappa shape index (κ3) is 31.2. The minimum atomic E-state index is -4.74. The molecule has 0 aromatic carbocycles. The molecule has 0 aliphatic heterocycles. The second kappa shape index (κ2) is 29.3. The third-order valence-corrected chi connectivity index (χ3v) is 7.15. The summed E-state index contributed by atoms with van der Waals surface area (Å²) in [6.45, 7) is 3.55. The number of phosphoric acid groups is 1. The zero-order chi connectivity index (χ0) is 31.2. The van der Waals surface area contributed by atoms with Gasteiger partial charge in [0, 0.05) is 12.8 Å². The van der Waals surface area contributed by atoms with Crippen molar-refractivity contribution in [2.24, 2.45) is 0 Å². The van der Waals surface area contributed by atoms with Crippen LogP contribution in [0.5, 0.6) is 0 Å². The minimum Gasteiger partial charge on any atom is -0.462 e. The van der Waals surface area contributed by atoms with E-state index < -0.39 is 32.5 Å². The van der Waals surface area contributed by atoms with Crippen molar-refractivity contribution in [2.45, 2.75) is 148 Å². The van der Waals surface area contributed by atoms with E-state index in [0.29, 0.717) is 12.8 Å².